The third-order valence-corrected chi connectivity index (χ3v) is 4.01. The summed E-state index contributed by atoms with van der Waals surface area (Å²) in [5.41, 5.74) is 3.86. The summed E-state index contributed by atoms with van der Waals surface area (Å²) >= 11 is 0. The first kappa shape index (κ1) is 15.2. The molecule has 0 aliphatic carbocycles. The Balaban J connectivity index is 2.11. The van der Waals surface area contributed by atoms with Gasteiger partial charge in [-0.15, -0.1) is 0 Å². The predicted molar refractivity (Wildman–Crippen MR) is 77.4 cm³/mol. The number of benzene rings is 2. The molecule has 21 heavy (non-hydrogen) atoms. The third-order valence-electron chi connectivity index (χ3n) is 2.85. The van der Waals surface area contributed by atoms with E-state index in [0.29, 0.717) is 5.56 Å². The van der Waals surface area contributed by atoms with Gasteiger partial charge in [0.2, 0.25) is 0 Å². The number of aryl methyl sites for hydroxylation is 1. The molecule has 0 aliphatic heterocycles. The summed E-state index contributed by atoms with van der Waals surface area (Å²) < 4.78 is 28.8. The van der Waals surface area contributed by atoms with Crippen molar-refractivity contribution in [1.82, 2.24) is 5.48 Å². The Morgan fingerprint density at radius 1 is 1.10 bits per heavy atom. The van der Waals surface area contributed by atoms with Gasteiger partial charge in [-0.1, -0.05) is 48.0 Å². The second-order valence-corrected chi connectivity index (χ2v) is 5.99. The fourth-order valence-corrected chi connectivity index (χ4v) is 2.47. The van der Waals surface area contributed by atoms with Crippen LogP contribution in [-0.4, -0.2) is 8.42 Å². The monoisotopic (exact) mass is 302 g/mol. The zero-order valence-corrected chi connectivity index (χ0v) is 12.2. The molecular weight excluding hydrogens is 288 g/mol. The van der Waals surface area contributed by atoms with Gasteiger partial charge in [-0.3, -0.25) is 0 Å². The van der Waals surface area contributed by atoms with Crippen molar-refractivity contribution in [2.24, 2.45) is 0 Å². The molecule has 0 saturated carbocycles. The van der Waals surface area contributed by atoms with Gasteiger partial charge in [0.1, 0.15) is 6.04 Å². The summed E-state index contributed by atoms with van der Waals surface area (Å²) in [7, 11) is -3.95. The molecule has 5 nitrogen and oxygen atoms in total. The second-order valence-electron chi connectivity index (χ2n) is 4.44. The molecule has 0 radical (unpaired) electrons. The molecule has 6 heteroatoms. The summed E-state index contributed by atoms with van der Waals surface area (Å²) in [4.78, 5) is 0.0327. The lowest BCUT2D eigenvalue weighted by molar-refractivity contribution is 0.184. The molecule has 1 atom stereocenters. The first-order valence-electron chi connectivity index (χ1n) is 6.23. The zero-order valence-electron chi connectivity index (χ0n) is 11.4. The topological polar surface area (TPSA) is 79.2 Å². The van der Waals surface area contributed by atoms with Gasteiger partial charge in [0, 0.05) is 0 Å². The highest BCUT2D eigenvalue weighted by atomic mass is 32.2. The Morgan fingerprint density at radius 3 is 2.29 bits per heavy atom. The second kappa shape index (κ2) is 6.50. The number of nitriles is 1. The Bertz CT molecular complexity index is 735. The van der Waals surface area contributed by atoms with Crippen LogP contribution in [0.5, 0.6) is 0 Å². The largest absolute Gasteiger partial charge is 0.312 e. The SMILES string of the molecule is Cc1ccc(S(=O)(=O)ONC(C#N)c2ccccc2)cc1. The van der Waals surface area contributed by atoms with Crippen LogP contribution in [0.15, 0.2) is 59.5 Å². The van der Waals surface area contributed by atoms with Gasteiger partial charge < -0.3 is 0 Å². The highest BCUT2D eigenvalue weighted by Crippen LogP contribution is 2.15. The number of nitrogens with zero attached hydrogens (tertiary/aromatic N) is 1. The van der Waals surface area contributed by atoms with Gasteiger partial charge >= 0.3 is 10.1 Å². The van der Waals surface area contributed by atoms with Gasteiger partial charge in [-0.05, 0) is 24.6 Å². The Kier molecular flexibility index (Phi) is 4.70. The maximum atomic E-state index is 12.0. The van der Waals surface area contributed by atoms with Crippen LogP contribution in [0.2, 0.25) is 0 Å². The quantitative estimate of drug-likeness (QED) is 0.858. The van der Waals surface area contributed by atoms with Crippen molar-refractivity contribution in [1.29, 1.82) is 5.26 Å². The molecule has 0 amide bonds. The summed E-state index contributed by atoms with van der Waals surface area (Å²) in [5.74, 6) is 0. The number of hydroxylamine groups is 1. The molecule has 0 aromatic heterocycles. The van der Waals surface area contributed by atoms with Crippen molar-refractivity contribution < 1.29 is 12.7 Å². The highest BCUT2D eigenvalue weighted by Gasteiger charge is 2.18. The van der Waals surface area contributed by atoms with Crippen molar-refractivity contribution >= 4 is 10.1 Å². The number of rotatable bonds is 5. The zero-order chi connectivity index (χ0) is 15.3. The summed E-state index contributed by atoms with van der Waals surface area (Å²) in [6, 6.07) is 16.1. The van der Waals surface area contributed by atoms with Gasteiger partial charge in [-0.25, -0.2) is 0 Å². The van der Waals surface area contributed by atoms with Gasteiger partial charge in [0.15, 0.2) is 0 Å². The minimum Gasteiger partial charge on any atom is -0.196 e. The van der Waals surface area contributed by atoms with Gasteiger partial charge in [0.25, 0.3) is 0 Å². The molecule has 1 unspecified atom stereocenters. The maximum Gasteiger partial charge on any atom is 0.312 e. The average Bonchev–Trinajstić information content (AvgIpc) is 2.49. The fourth-order valence-electron chi connectivity index (χ4n) is 1.68. The molecule has 2 aromatic carbocycles. The van der Waals surface area contributed by atoms with Crippen LogP contribution in [0.1, 0.15) is 17.2 Å². The Morgan fingerprint density at radius 2 is 1.71 bits per heavy atom. The molecule has 0 heterocycles. The van der Waals surface area contributed by atoms with E-state index in [9.17, 15) is 8.42 Å². The molecule has 0 saturated heterocycles. The summed E-state index contributed by atoms with van der Waals surface area (Å²) in [5, 5.41) is 9.10. The molecule has 2 aromatic rings. The highest BCUT2D eigenvalue weighted by molar-refractivity contribution is 7.86. The van der Waals surface area contributed by atoms with Crippen LogP contribution in [0.4, 0.5) is 0 Å². The van der Waals surface area contributed by atoms with Gasteiger partial charge in [-0.2, -0.15) is 23.4 Å². The first-order chi connectivity index (χ1) is 10.0. The van der Waals surface area contributed by atoms with E-state index >= 15 is 0 Å². The first-order valence-corrected chi connectivity index (χ1v) is 7.64. The van der Waals surface area contributed by atoms with E-state index in [1.54, 1.807) is 36.4 Å². The summed E-state index contributed by atoms with van der Waals surface area (Å²) in [6.07, 6.45) is 0. The molecule has 0 fully saturated rings. The third kappa shape index (κ3) is 3.89. The molecule has 2 rings (SSSR count). The number of hydrogen-bond acceptors (Lipinski definition) is 5. The fraction of sp³-hybridized carbons (Fsp3) is 0.133. The lowest BCUT2D eigenvalue weighted by Crippen LogP contribution is -2.24. The standard InChI is InChI=1S/C15H14N2O3S/c1-12-7-9-14(10-8-12)21(18,19)20-17-15(11-16)13-5-3-2-4-6-13/h2-10,15,17H,1H3. The Hall–Kier alpha value is -2.20. The van der Waals surface area contributed by atoms with Crippen molar-refractivity contribution in [2.45, 2.75) is 17.9 Å². The maximum absolute atomic E-state index is 12.0. The smallest absolute Gasteiger partial charge is 0.196 e. The molecular formula is C15H14N2O3S. The lowest BCUT2D eigenvalue weighted by atomic mass is 10.1. The Labute approximate surface area is 123 Å². The van der Waals surface area contributed by atoms with E-state index in [4.69, 9.17) is 9.55 Å². The minimum atomic E-state index is -3.95. The van der Waals surface area contributed by atoms with Crippen LogP contribution >= 0.6 is 0 Å². The van der Waals surface area contributed by atoms with Crippen LogP contribution in [-0.2, 0) is 14.4 Å². The van der Waals surface area contributed by atoms with Crippen molar-refractivity contribution in [3.05, 3.63) is 65.7 Å². The molecule has 0 bridgehead atoms. The van der Waals surface area contributed by atoms with Gasteiger partial charge in [0.05, 0.1) is 11.0 Å². The van der Waals surface area contributed by atoms with Crippen LogP contribution in [0.25, 0.3) is 0 Å². The van der Waals surface area contributed by atoms with E-state index in [0.717, 1.165) is 5.56 Å². The van der Waals surface area contributed by atoms with Crippen LogP contribution in [0, 0.1) is 18.3 Å². The number of nitrogens with one attached hydrogen (secondary N) is 1. The normalized spacial score (nSPS) is 12.6. The lowest BCUT2D eigenvalue weighted by Gasteiger charge is -2.11. The molecule has 1 N–H and O–H groups in total. The van der Waals surface area contributed by atoms with Crippen molar-refractivity contribution in [2.75, 3.05) is 0 Å². The average molecular weight is 302 g/mol. The molecule has 0 aliphatic rings. The predicted octanol–water partition coefficient (Wildman–Crippen LogP) is 2.47. The van der Waals surface area contributed by atoms with Crippen molar-refractivity contribution in [3.63, 3.8) is 0 Å². The van der Waals surface area contributed by atoms with E-state index < -0.39 is 16.2 Å². The molecule has 108 valence electrons. The van der Waals surface area contributed by atoms with Crippen LogP contribution < -0.4 is 5.48 Å². The van der Waals surface area contributed by atoms with E-state index in [1.165, 1.54) is 12.1 Å². The number of hydrogen-bond donors (Lipinski definition) is 1. The minimum absolute atomic E-state index is 0.0327. The van der Waals surface area contributed by atoms with E-state index in [1.807, 2.05) is 19.1 Å². The van der Waals surface area contributed by atoms with Crippen LogP contribution in [0.3, 0.4) is 0 Å². The van der Waals surface area contributed by atoms with Crippen molar-refractivity contribution in [3.8, 4) is 6.07 Å². The van der Waals surface area contributed by atoms with E-state index in [2.05, 4.69) is 5.48 Å². The summed E-state index contributed by atoms with van der Waals surface area (Å²) in [6.45, 7) is 1.86. The van der Waals surface area contributed by atoms with E-state index in [-0.39, 0.29) is 4.90 Å². The molecule has 0 spiro atoms.